The minimum Gasteiger partial charge on any atom is -0.372 e. The molecule has 0 aliphatic carbocycles. The van der Waals surface area contributed by atoms with Gasteiger partial charge in [-0.3, -0.25) is 0 Å². The van der Waals surface area contributed by atoms with Crippen molar-refractivity contribution in [1.29, 1.82) is 15.8 Å². The van der Waals surface area contributed by atoms with E-state index < -0.39 is 0 Å². The SMILES string of the molecule is N#Cc1ccc2c(c1)c1ccccc1n2-c1ccc2c(c1)-c1cc(-n3c4ccc(C#N)cc4c4cc(C#N)ccc43)ccc1COC2. The molecule has 6 nitrogen and oxygen atoms in total. The van der Waals surface area contributed by atoms with Gasteiger partial charge in [-0.2, -0.15) is 15.8 Å². The molecule has 1 aliphatic heterocycles. The minimum absolute atomic E-state index is 0.496. The number of nitriles is 3. The van der Waals surface area contributed by atoms with Gasteiger partial charge in [0.25, 0.3) is 0 Å². The highest BCUT2D eigenvalue weighted by Gasteiger charge is 2.21. The van der Waals surface area contributed by atoms with Gasteiger partial charge in [-0.25, -0.2) is 0 Å². The fourth-order valence-corrected chi connectivity index (χ4v) is 7.19. The van der Waals surface area contributed by atoms with E-state index in [-0.39, 0.29) is 0 Å². The maximum Gasteiger partial charge on any atom is 0.0991 e. The molecule has 1 aliphatic rings. The summed E-state index contributed by atoms with van der Waals surface area (Å²) in [7, 11) is 0. The first-order chi connectivity index (χ1) is 23.1. The Balaban J connectivity index is 1.28. The number of nitrogens with zero attached hydrogens (tertiary/aromatic N) is 5. The summed E-state index contributed by atoms with van der Waals surface area (Å²) in [5, 5.41) is 32.9. The molecule has 218 valence electrons. The van der Waals surface area contributed by atoms with Crippen LogP contribution in [0.5, 0.6) is 0 Å². The molecule has 8 aromatic rings. The van der Waals surface area contributed by atoms with Crippen molar-refractivity contribution < 1.29 is 4.74 Å². The summed E-state index contributed by atoms with van der Waals surface area (Å²) in [5.74, 6) is 0. The minimum atomic E-state index is 0.496. The molecule has 6 heteroatoms. The summed E-state index contributed by atoms with van der Waals surface area (Å²) >= 11 is 0. The lowest BCUT2D eigenvalue weighted by atomic mass is 9.95. The van der Waals surface area contributed by atoms with E-state index in [1.54, 1.807) is 0 Å². The van der Waals surface area contributed by atoms with Gasteiger partial charge in [0.15, 0.2) is 0 Å². The average Bonchev–Trinajstić information content (AvgIpc) is 3.56. The van der Waals surface area contributed by atoms with Crippen LogP contribution in [0, 0.1) is 34.0 Å². The quantitative estimate of drug-likeness (QED) is 0.198. The second-order valence-corrected chi connectivity index (χ2v) is 11.9. The van der Waals surface area contributed by atoms with Gasteiger partial charge in [-0.1, -0.05) is 30.3 Å². The van der Waals surface area contributed by atoms with Crippen LogP contribution in [0.25, 0.3) is 66.1 Å². The largest absolute Gasteiger partial charge is 0.372 e. The van der Waals surface area contributed by atoms with Gasteiger partial charge in [0.1, 0.15) is 0 Å². The normalized spacial score (nSPS) is 12.4. The molecule has 6 aromatic carbocycles. The summed E-state index contributed by atoms with van der Waals surface area (Å²) in [6, 6.07) is 45.5. The molecule has 0 amide bonds. The molecule has 0 unspecified atom stereocenters. The first-order valence-electron chi connectivity index (χ1n) is 15.3. The molecule has 0 saturated heterocycles. The Morgan fingerprint density at radius 3 is 1.34 bits per heavy atom. The summed E-state index contributed by atoms with van der Waals surface area (Å²) in [6.07, 6.45) is 0. The van der Waals surface area contributed by atoms with E-state index in [0.29, 0.717) is 29.9 Å². The highest BCUT2D eigenvalue weighted by atomic mass is 16.5. The first-order valence-corrected chi connectivity index (χ1v) is 15.3. The van der Waals surface area contributed by atoms with Gasteiger partial charge < -0.3 is 13.9 Å². The molecule has 0 saturated carbocycles. The standard InChI is InChI=1S/C41H23N5O/c42-20-25-5-12-39-35(15-25)32-3-1-2-4-38(32)45(39)30-10-8-28-23-47-24-29-9-11-31(19-34(29)33(28)18-30)46-40-13-6-26(21-43)16-36(40)37-17-27(22-44)7-14-41(37)46/h1-19H,23-24H2. The van der Waals surface area contributed by atoms with Crippen molar-refractivity contribution >= 4 is 43.6 Å². The van der Waals surface area contributed by atoms with Gasteiger partial charge in [-0.05, 0) is 107 Å². The highest BCUT2D eigenvalue weighted by molar-refractivity contribution is 6.11. The van der Waals surface area contributed by atoms with Crippen molar-refractivity contribution in [3.63, 3.8) is 0 Å². The second-order valence-electron chi connectivity index (χ2n) is 11.9. The molecule has 9 rings (SSSR count). The molecule has 3 heterocycles. The van der Waals surface area contributed by atoms with E-state index in [1.165, 1.54) is 0 Å². The van der Waals surface area contributed by atoms with Crippen LogP contribution >= 0.6 is 0 Å². The molecule has 0 bridgehead atoms. The van der Waals surface area contributed by atoms with Crippen molar-refractivity contribution in [2.75, 3.05) is 0 Å². The number of fused-ring (bicyclic) bond motifs is 9. The van der Waals surface area contributed by atoms with Crippen molar-refractivity contribution in [2.45, 2.75) is 13.2 Å². The van der Waals surface area contributed by atoms with Crippen LogP contribution in [-0.2, 0) is 18.0 Å². The van der Waals surface area contributed by atoms with E-state index >= 15 is 0 Å². The average molecular weight is 602 g/mol. The number of rotatable bonds is 2. The Morgan fingerprint density at radius 2 is 0.872 bits per heavy atom. The van der Waals surface area contributed by atoms with E-state index in [9.17, 15) is 15.8 Å². The van der Waals surface area contributed by atoms with Crippen LogP contribution in [0.1, 0.15) is 27.8 Å². The molecule has 0 radical (unpaired) electrons. The molecule has 0 spiro atoms. The number of hydrogen-bond acceptors (Lipinski definition) is 4. The summed E-state index contributed by atoms with van der Waals surface area (Å²) in [4.78, 5) is 0. The molecule has 0 N–H and O–H groups in total. The van der Waals surface area contributed by atoms with Crippen LogP contribution in [0.4, 0.5) is 0 Å². The second kappa shape index (κ2) is 10.2. The van der Waals surface area contributed by atoms with Crippen LogP contribution in [0.15, 0.2) is 115 Å². The van der Waals surface area contributed by atoms with Gasteiger partial charge in [-0.15, -0.1) is 0 Å². The summed E-state index contributed by atoms with van der Waals surface area (Å²) in [5.41, 5.74) is 12.3. The first kappa shape index (κ1) is 26.7. The Labute approximate surface area is 269 Å². The zero-order valence-electron chi connectivity index (χ0n) is 25.0. The maximum absolute atomic E-state index is 9.64. The maximum atomic E-state index is 9.64. The molecular weight excluding hydrogens is 578 g/mol. The van der Waals surface area contributed by atoms with E-state index in [2.05, 4.69) is 75.9 Å². The van der Waals surface area contributed by atoms with Gasteiger partial charge in [0, 0.05) is 32.9 Å². The van der Waals surface area contributed by atoms with E-state index in [1.807, 2.05) is 66.7 Å². The Bertz CT molecular complexity index is 2690. The number of aromatic nitrogens is 2. The predicted octanol–water partition coefficient (Wildman–Crippen LogP) is 9.19. The van der Waals surface area contributed by atoms with Crippen molar-refractivity contribution in [1.82, 2.24) is 9.13 Å². The highest BCUT2D eigenvalue weighted by Crippen LogP contribution is 2.40. The summed E-state index contributed by atoms with van der Waals surface area (Å²) in [6.45, 7) is 0.998. The Hall–Kier alpha value is -6.65. The third-order valence-corrected chi connectivity index (χ3v) is 9.33. The van der Waals surface area contributed by atoms with Crippen molar-refractivity contribution in [3.05, 3.63) is 143 Å². The van der Waals surface area contributed by atoms with Gasteiger partial charge in [0.05, 0.1) is 70.2 Å². The van der Waals surface area contributed by atoms with Crippen LogP contribution in [0.2, 0.25) is 0 Å². The summed E-state index contributed by atoms with van der Waals surface area (Å²) < 4.78 is 10.6. The molecule has 2 aromatic heterocycles. The lowest BCUT2D eigenvalue weighted by Gasteiger charge is -2.16. The van der Waals surface area contributed by atoms with Crippen LogP contribution in [-0.4, -0.2) is 9.13 Å². The fraction of sp³-hybridized carbons (Fsp3) is 0.0488. The zero-order chi connectivity index (χ0) is 31.6. The third-order valence-electron chi connectivity index (χ3n) is 9.33. The van der Waals surface area contributed by atoms with Crippen LogP contribution < -0.4 is 0 Å². The van der Waals surface area contributed by atoms with Crippen LogP contribution in [0.3, 0.4) is 0 Å². The molecule has 0 fully saturated rings. The lowest BCUT2D eigenvalue weighted by molar-refractivity contribution is 0.110. The third kappa shape index (κ3) is 3.99. The number of hydrogen-bond donors (Lipinski definition) is 0. The monoisotopic (exact) mass is 601 g/mol. The number of ether oxygens (including phenoxy) is 1. The van der Waals surface area contributed by atoms with Gasteiger partial charge >= 0.3 is 0 Å². The van der Waals surface area contributed by atoms with E-state index in [4.69, 9.17) is 4.74 Å². The molecular formula is C41H23N5O. The molecule has 47 heavy (non-hydrogen) atoms. The predicted molar refractivity (Wildman–Crippen MR) is 183 cm³/mol. The number of benzene rings is 6. The van der Waals surface area contributed by atoms with Gasteiger partial charge in [0.2, 0.25) is 0 Å². The lowest BCUT2D eigenvalue weighted by Crippen LogP contribution is -1.99. The Kier molecular flexibility index (Phi) is 5.80. The number of para-hydroxylation sites is 1. The fourth-order valence-electron chi connectivity index (χ4n) is 7.19. The van der Waals surface area contributed by atoms with Crippen molar-refractivity contribution in [2.24, 2.45) is 0 Å². The van der Waals surface area contributed by atoms with E-state index in [0.717, 1.165) is 77.2 Å². The topological polar surface area (TPSA) is 90.5 Å². The smallest absolute Gasteiger partial charge is 0.0991 e. The zero-order valence-corrected chi connectivity index (χ0v) is 25.0. The van der Waals surface area contributed by atoms with Crippen molar-refractivity contribution in [3.8, 4) is 40.7 Å². The Morgan fingerprint density at radius 1 is 0.447 bits per heavy atom. The molecule has 0 atom stereocenters.